The molecule has 1 fully saturated rings. The van der Waals surface area contributed by atoms with Crippen LogP contribution in [0.5, 0.6) is 0 Å². The highest BCUT2D eigenvalue weighted by molar-refractivity contribution is 5.92. The fraction of sp³-hybridized carbons (Fsp3) is 0.381. The van der Waals surface area contributed by atoms with Crippen LogP contribution < -0.4 is 15.8 Å². The van der Waals surface area contributed by atoms with E-state index in [4.69, 9.17) is 0 Å². The number of aliphatic hydroxyl groups is 1. The molecule has 0 spiro atoms. The molecule has 1 saturated heterocycles. The molecule has 3 N–H and O–H groups in total. The first-order chi connectivity index (χ1) is 13.6. The molecule has 0 radical (unpaired) electrons. The number of piperidine rings is 1. The van der Waals surface area contributed by atoms with E-state index in [2.05, 4.69) is 32.1 Å². The fourth-order valence-corrected chi connectivity index (χ4v) is 3.64. The predicted molar refractivity (Wildman–Crippen MR) is 111 cm³/mol. The number of rotatable bonds is 5. The highest BCUT2D eigenvalue weighted by Gasteiger charge is 2.17. The van der Waals surface area contributed by atoms with Gasteiger partial charge in [-0.05, 0) is 43.5 Å². The van der Waals surface area contributed by atoms with Crippen molar-refractivity contribution in [2.45, 2.75) is 38.7 Å². The molecular weight excluding hydrogens is 354 g/mol. The third-order valence-electron chi connectivity index (χ3n) is 5.13. The van der Waals surface area contributed by atoms with E-state index in [1.165, 1.54) is 0 Å². The molecule has 0 unspecified atom stereocenters. The van der Waals surface area contributed by atoms with E-state index >= 15 is 0 Å². The molecular formula is C21H25N5O2. The number of pyridine rings is 3. The van der Waals surface area contributed by atoms with Gasteiger partial charge in [-0.2, -0.15) is 0 Å². The SMILES string of the molecule is CCCc1cc(Nc2ccc(N3CCC(O)CC3)cn2)c2c(=O)[nH]ccc2n1. The summed E-state index contributed by atoms with van der Waals surface area (Å²) in [5.41, 5.74) is 3.23. The van der Waals surface area contributed by atoms with E-state index in [0.29, 0.717) is 16.7 Å². The van der Waals surface area contributed by atoms with Gasteiger partial charge in [0.25, 0.3) is 5.56 Å². The monoisotopic (exact) mass is 379 g/mol. The van der Waals surface area contributed by atoms with Gasteiger partial charge in [0.2, 0.25) is 0 Å². The summed E-state index contributed by atoms with van der Waals surface area (Å²) in [5, 5.41) is 13.5. The van der Waals surface area contributed by atoms with E-state index in [9.17, 15) is 9.90 Å². The molecule has 3 aromatic heterocycles. The standard InChI is InChI=1S/C21H25N5O2/c1-2-3-14-12-18(20-17(24-14)6-9-22-21(20)28)25-19-5-4-15(13-23-19)26-10-7-16(27)8-11-26/h4-6,9,12-13,16,27H,2-3,7-8,10-11H2,1H3,(H,22,28)(H,23,24,25). The third kappa shape index (κ3) is 3.84. The highest BCUT2D eigenvalue weighted by atomic mass is 16.3. The average Bonchev–Trinajstić information content (AvgIpc) is 2.69. The second kappa shape index (κ2) is 7.98. The lowest BCUT2D eigenvalue weighted by atomic mass is 10.1. The molecule has 0 amide bonds. The van der Waals surface area contributed by atoms with E-state index in [-0.39, 0.29) is 11.7 Å². The van der Waals surface area contributed by atoms with Gasteiger partial charge in [0.15, 0.2) is 0 Å². The van der Waals surface area contributed by atoms with Gasteiger partial charge in [-0.1, -0.05) is 13.3 Å². The summed E-state index contributed by atoms with van der Waals surface area (Å²) in [6, 6.07) is 7.70. The minimum Gasteiger partial charge on any atom is -0.393 e. The van der Waals surface area contributed by atoms with Crippen molar-refractivity contribution in [3.8, 4) is 0 Å². The first-order valence-electron chi connectivity index (χ1n) is 9.81. The van der Waals surface area contributed by atoms with Crippen molar-refractivity contribution < 1.29 is 5.11 Å². The van der Waals surface area contributed by atoms with Gasteiger partial charge in [0.05, 0.1) is 34.6 Å². The Kier molecular flexibility index (Phi) is 5.25. The summed E-state index contributed by atoms with van der Waals surface area (Å²) >= 11 is 0. The first-order valence-corrected chi connectivity index (χ1v) is 9.81. The maximum atomic E-state index is 12.4. The number of aryl methyl sites for hydroxylation is 1. The third-order valence-corrected chi connectivity index (χ3v) is 5.13. The summed E-state index contributed by atoms with van der Waals surface area (Å²) in [6.07, 6.45) is 6.67. The average molecular weight is 379 g/mol. The van der Waals surface area contributed by atoms with Crippen molar-refractivity contribution in [3.63, 3.8) is 0 Å². The zero-order valence-electron chi connectivity index (χ0n) is 16.0. The number of H-pyrrole nitrogens is 1. The zero-order chi connectivity index (χ0) is 19.5. The number of aliphatic hydroxyl groups excluding tert-OH is 1. The Morgan fingerprint density at radius 2 is 2.11 bits per heavy atom. The fourth-order valence-electron chi connectivity index (χ4n) is 3.64. The normalized spacial score (nSPS) is 15.1. The second-order valence-electron chi connectivity index (χ2n) is 7.22. The number of aromatic amines is 1. The zero-order valence-corrected chi connectivity index (χ0v) is 16.0. The summed E-state index contributed by atoms with van der Waals surface area (Å²) < 4.78 is 0. The molecule has 28 heavy (non-hydrogen) atoms. The molecule has 7 nitrogen and oxygen atoms in total. The Labute approximate surface area is 163 Å². The van der Waals surface area contributed by atoms with Crippen molar-refractivity contribution >= 4 is 28.1 Å². The lowest BCUT2D eigenvalue weighted by Crippen LogP contribution is -2.35. The molecule has 0 atom stereocenters. The van der Waals surface area contributed by atoms with Crippen LogP contribution >= 0.6 is 0 Å². The van der Waals surface area contributed by atoms with Crippen LogP contribution in [0.15, 0.2) is 41.5 Å². The maximum Gasteiger partial charge on any atom is 0.259 e. The van der Waals surface area contributed by atoms with Crippen LogP contribution in [0.4, 0.5) is 17.2 Å². The number of nitrogens with one attached hydrogen (secondary N) is 2. The van der Waals surface area contributed by atoms with Crippen LogP contribution in [0.1, 0.15) is 31.9 Å². The summed E-state index contributed by atoms with van der Waals surface area (Å²) in [5.74, 6) is 0.680. The second-order valence-corrected chi connectivity index (χ2v) is 7.22. The van der Waals surface area contributed by atoms with Crippen LogP contribution in [-0.4, -0.2) is 39.3 Å². The molecule has 0 bridgehead atoms. The van der Waals surface area contributed by atoms with Crippen molar-refractivity contribution in [1.29, 1.82) is 0 Å². The van der Waals surface area contributed by atoms with E-state index < -0.39 is 0 Å². The van der Waals surface area contributed by atoms with Crippen LogP contribution in [-0.2, 0) is 6.42 Å². The molecule has 4 rings (SSSR count). The minimum absolute atomic E-state index is 0.168. The van der Waals surface area contributed by atoms with Gasteiger partial charge in [0, 0.05) is 25.0 Å². The molecule has 0 aliphatic carbocycles. The largest absolute Gasteiger partial charge is 0.393 e. The lowest BCUT2D eigenvalue weighted by molar-refractivity contribution is 0.145. The molecule has 1 aliphatic heterocycles. The molecule has 146 valence electrons. The summed E-state index contributed by atoms with van der Waals surface area (Å²) in [6.45, 7) is 3.78. The van der Waals surface area contributed by atoms with Crippen LogP contribution in [0, 0.1) is 0 Å². The summed E-state index contributed by atoms with van der Waals surface area (Å²) in [7, 11) is 0. The number of hydrogen-bond acceptors (Lipinski definition) is 6. The Morgan fingerprint density at radius 1 is 1.29 bits per heavy atom. The maximum absolute atomic E-state index is 12.4. The smallest absolute Gasteiger partial charge is 0.259 e. The molecule has 1 aliphatic rings. The Bertz CT molecular complexity index is 1010. The molecule has 0 aromatic carbocycles. The lowest BCUT2D eigenvalue weighted by Gasteiger charge is -2.31. The predicted octanol–water partition coefficient (Wildman–Crippen LogP) is 2.98. The molecule has 3 aromatic rings. The van der Waals surface area contributed by atoms with Crippen molar-refractivity contribution in [2.24, 2.45) is 0 Å². The Hall–Kier alpha value is -2.93. The Morgan fingerprint density at radius 3 is 2.82 bits per heavy atom. The van der Waals surface area contributed by atoms with Crippen LogP contribution in [0.2, 0.25) is 0 Å². The van der Waals surface area contributed by atoms with Gasteiger partial charge in [0.1, 0.15) is 5.82 Å². The first kappa shape index (κ1) is 18.4. The van der Waals surface area contributed by atoms with Crippen LogP contribution in [0.25, 0.3) is 10.9 Å². The van der Waals surface area contributed by atoms with Gasteiger partial charge >= 0.3 is 0 Å². The number of hydrogen-bond donors (Lipinski definition) is 3. The number of nitrogens with zero attached hydrogens (tertiary/aromatic N) is 3. The topological polar surface area (TPSA) is 94.1 Å². The van der Waals surface area contributed by atoms with Crippen molar-refractivity contribution in [2.75, 3.05) is 23.3 Å². The van der Waals surface area contributed by atoms with Gasteiger partial charge in [-0.3, -0.25) is 9.78 Å². The van der Waals surface area contributed by atoms with Gasteiger partial charge in [-0.25, -0.2) is 4.98 Å². The van der Waals surface area contributed by atoms with Crippen molar-refractivity contribution in [3.05, 3.63) is 52.7 Å². The number of aromatic nitrogens is 3. The molecule has 4 heterocycles. The molecule has 7 heteroatoms. The van der Waals surface area contributed by atoms with E-state index in [1.807, 2.05) is 30.5 Å². The van der Waals surface area contributed by atoms with E-state index in [0.717, 1.165) is 55.8 Å². The van der Waals surface area contributed by atoms with Gasteiger partial charge in [-0.15, -0.1) is 0 Å². The molecule has 0 saturated carbocycles. The van der Waals surface area contributed by atoms with Crippen LogP contribution in [0.3, 0.4) is 0 Å². The Balaban J connectivity index is 1.61. The summed E-state index contributed by atoms with van der Waals surface area (Å²) in [4.78, 5) is 26.5. The quantitative estimate of drug-likeness (QED) is 0.631. The number of fused-ring (bicyclic) bond motifs is 1. The van der Waals surface area contributed by atoms with E-state index in [1.54, 1.807) is 6.20 Å². The highest BCUT2D eigenvalue weighted by Crippen LogP contribution is 2.25. The minimum atomic E-state index is -0.194. The van der Waals surface area contributed by atoms with Crippen molar-refractivity contribution in [1.82, 2.24) is 15.0 Å². The number of anilines is 3. The van der Waals surface area contributed by atoms with Gasteiger partial charge < -0.3 is 20.3 Å².